The van der Waals surface area contributed by atoms with Gasteiger partial charge in [-0.05, 0) is 44.1 Å². The van der Waals surface area contributed by atoms with E-state index in [1.165, 1.54) is 24.8 Å². The van der Waals surface area contributed by atoms with Crippen molar-refractivity contribution in [2.45, 2.75) is 57.7 Å². The van der Waals surface area contributed by atoms with E-state index in [-0.39, 0.29) is 11.7 Å². The first-order valence-corrected chi connectivity index (χ1v) is 7.62. The molecule has 0 heterocycles. The molecule has 1 aromatic rings. The molecule has 0 radical (unpaired) electrons. The first kappa shape index (κ1) is 14.5. The predicted molar refractivity (Wildman–Crippen MR) is 80.0 cm³/mol. The Hall–Kier alpha value is -0.860. The number of benzene rings is 1. The van der Waals surface area contributed by atoms with Gasteiger partial charge < -0.3 is 10.5 Å². The van der Waals surface area contributed by atoms with Crippen molar-refractivity contribution in [1.82, 2.24) is 0 Å². The molecule has 0 saturated heterocycles. The van der Waals surface area contributed by atoms with Crippen molar-refractivity contribution in [2.75, 3.05) is 6.54 Å². The summed E-state index contributed by atoms with van der Waals surface area (Å²) >= 11 is 0. The Morgan fingerprint density at radius 3 is 2.42 bits per heavy atom. The number of rotatable bonds is 5. The van der Waals surface area contributed by atoms with Gasteiger partial charge in [0.05, 0.1) is 11.7 Å². The highest BCUT2D eigenvalue weighted by atomic mass is 16.5. The molecule has 0 aliphatic heterocycles. The number of ether oxygens (including phenoxy) is 1. The van der Waals surface area contributed by atoms with E-state index in [1.807, 2.05) is 6.07 Å². The van der Waals surface area contributed by atoms with Crippen molar-refractivity contribution in [1.29, 1.82) is 0 Å². The average molecular weight is 261 g/mol. The van der Waals surface area contributed by atoms with Gasteiger partial charge in [-0.25, -0.2) is 0 Å². The molecule has 0 bridgehead atoms. The fourth-order valence-electron chi connectivity index (χ4n) is 3.15. The SMILES string of the molecule is CCC1CCC(CN)(OC(C)c2ccccc2)CC1. The van der Waals surface area contributed by atoms with Crippen LogP contribution < -0.4 is 5.73 Å². The highest BCUT2D eigenvalue weighted by Crippen LogP contribution is 2.38. The molecule has 2 rings (SSSR count). The van der Waals surface area contributed by atoms with E-state index in [9.17, 15) is 0 Å². The molecule has 1 atom stereocenters. The van der Waals surface area contributed by atoms with Crippen LogP contribution in [0.3, 0.4) is 0 Å². The van der Waals surface area contributed by atoms with Crippen LogP contribution in [0.5, 0.6) is 0 Å². The van der Waals surface area contributed by atoms with E-state index in [0.717, 1.165) is 18.8 Å². The van der Waals surface area contributed by atoms with E-state index in [4.69, 9.17) is 10.5 Å². The van der Waals surface area contributed by atoms with Gasteiger partial charge >= 0.3 is 0 Å². The molecule has 2 N–H and O–H groups in total. The summed E-state index contributed by atoms with van der Waals surface area (Å²) in [6, 6.07) is 10.4. The maximum atomic E-state index is 6.38. The molecule has 19 heavy (non-hydrogen) atoms. The van der Waals surface area contributed by atoms with E-state index >= 15 is 0 Å². The van der Waals surface area contributed by atoms with Crippen LogP contribution in [0.2, 0.25) is 0 Å². The summed E-state index contributed by atoms with van der Waals surface area (Å²) < 4.78 is 6.38. The summed E-state index contributed by atoms with van der Waals surface area (Å²) in [4.78, 5) is 0. The van der Waals surface area contributed by atoms with Gasteiger partial charge in [-0.1, -0.05) is 43.7 Å². The van der Waals surface area contributed by atoms with Gasteiger partial charge in [-0.15, -0.1) is 0 Å². The van der Waals surface area contributed by atoms with Gasteiger partial charge in [0.2, 0.25) is 0 Å². The van der Waals surface area contributed by atoms with Crippen molar-refractivity contribution < 1.29 is 4.74 Å². The Labute approximate surface area is 117 Å². The van der Waals surface area contributed by atoms with Crippen molar-refractivity contribution in [3.8, 4) is 0 Å². The molecular formula is C17H27NO. The van der Waals surface area contributed by atoms with Crippen LogP contribution >= 0.6 is 0 Å². The molecule has 1 fully saturated rings. The lowest BCUT2D eigenvalue weighted by Crippen LogP contribution is -2.44. The third-order valence-electron chi connectivity index (χ3n) is 4.66. The van der Waals surface area contributed by atoms with Gasteiger partial charge in [0.15, 0.2) is 0 Å². The van der Waals surface area contributed by atoms with E-state index in [1.54, 1.807) is 0 Å². The lowest BCUT2D eigenvalue weighted by Gasteiger charge is -2.41. The molecule has 106 valence electrons. The molecule has 1 aliphatic carbocycles. The first-order valence-electron chi connectivity index (χ1n) is 7.62. The second-order valence-corrected chi connectivity index (χ2v) is 5.91. The third-order valence-corrected chi connectivity index (χ3v) is 4.66. The average Bonchev–Trinajstić information content (AvgIpc) is 2.49. The largest absolute Gasteiger partial charge is 0.366 e. The fourth-order valence-corrected chi connectivity index (χ4v) is 3.15. The molecular weight excluding hydrogens is 234 g/mol. The second kappa shape index (κ2) is 6.53. The monoisotopic (exact) mass is 261 g/mol. The summed E-state index contributed by atoms with van der Waals surface area (Å²) in [5, 5.41) is 0. The van der Waals surface area contributed by atoms with Crippen molar-refractivity contribution in [2.24, 2.45) is 11.7 Å². The van der Waals surface area contributed by atoms with E-state index < -0.39 is 0 Å². The first-order chi connectivity index (χ1) is 9.19. The van der Waals surface area contributed by atoms with Crippen molar-refractivity contribution in [3.63, 3.8) is 0 Å². The Balaban J connectivity index is 1.99. The Bertz CT molecular complexity index is 368. The normalized spacial score (nSPS) is 29.1. The summed E-state index contributed by atoms with van der Waals surface area (Å²) in [5.74, 6) is 0.871. The molecule has 1 aromatic carbocycles. The van der Waals surface area contributed by atoms with Gasteiger partial charge in [-0.2, -0.15) is 0 Å². The topological polar surface area (TPSA) is 35.2 Å². The molecule has 0 aromatic heterocycles. The van der Waals surface area contributed by atoms with Gasteiger partial charge in [0.1, 0.15) is 0 Å². The quantitative estimate of drug-likeness (QED) is 0.867. The minimum absolute atomic E-state index is 0.0963. The van der Waals surface area contributed by atoms with E-state index in [2.05, 4.69) is 38.1 Å². The Morgan fingerprint density at radius 2 is 1.89 bits per heavy atom. The highest BCUT2D eigenvalue weighted by Gasteiger charge is 2.36. The second-order valence-electron chi connectivity index (χ2n) is 5.91. The number of nitrogens with two attached hydrogens (primary N) is 1. The van der Waals surface area contributed by atoms with Crippen LogP contribution in [0.4, 0.5) is 0 Å². The van der Waals surface area contributed by atoms with Crippen LogP contribution in [-0.2, 0) is 4.74 Å². The van der Waals surface area contributed by atoms with Crippen LogP contribution in [0.15, 0.2) is 30.3 Å². The Morgan fingerprint density at radius 1 is 1.26 bits per heavy atom. The predicted octanol–water partition coefficient (Wildman–Crippen LogP) is 4.06. The van der Waals surface area contributed by atoms with Crippen LogP contribution in [-0.4, -0.2) is 12.1 Å². The molecule has 1 saturated carbocycles. The van der Waals surface area contributed by atoms with Crippen LogP contribution in [0, 0.1) is 5.92 Å². The van der Waals surface area contributed by atoms with Crippen LogP contribution in [0.1, 0.15) is 57.6 Å². The molecule has 0 spiro atoms. The molecule has 0 amide bonds. The van der Waals surface area contributed by atoms with Gasteiger partial charge in [-0.3, -0.25) is 0 Å². The Kier molecular flexibility index (Phi) is 5.00. The summed E-state index contributed by atoms with van der Waals surface area (Å²) in [6.07, 6.45) is 6.15. The van der Waals surface area contributed by atoms with Gasteiger partial charge in [0, 0.05) is 6.54 Å². The van der Waals surface area contributed by atoms with Crippen LogP contribution in [0.25, 0.3) is 0 Å². The maximum Gasteiger partial charge on any atom is 0.0812 e. The minimum atomic E-state index is -0.0963. The lowest BCUT2D eigenvalue weighted by atomic mass is 9.77. The summed E-state index contributed by atoms with van der Waals surface area (Å²) in [6.45, 7) is 5.06. The fraction of sp³-hybridized carbons (Fsp3) is 0.647. The lowest BCUT2D eigenvalue weighted by molar-refractivity contribution is -0.110. The third kappa shape index (κ3) is 3.58. The smallest absolute Gasteiger partial charge is 0.0812 e. The molecule has 2 heteroatoms. The van der Waals surface area contributed by atoms with Gasteiger partial charge in [0.25, 0.3) is 0 Å². The van der Waals surface area contributed by atoms with Crippen molar-refractivity contribution in [3.05, 3.63) is 35.9 Å². The zero-order chi connectivity index (χ0) is 13.7. The molecule has 2 nitrogen and oxygen atoms in total. The zero-order valence-electron chi connectivity index (χ0n) is 12.3. The minimum Gasteiger partial charge on any atom is -0.366 e. The molecule has 1 aliphatic rings. The highest BCUT2D eigenvalue weighted by molar-refractivity contribution is 5.17. The van der Waals surface area contributed by atoms with E-state index in [0.29, 0.717) is 6.54 Å². The summed E-state index contributed by atoms with van der Waals surface area (Å²) in [7, 11) is 0. The zero-order valence-corrected chi connectivity index (χ0v) is 12.3. The number of hydrogen-bond acceptors (Lipinski definition) is 2. The maximum absolute atomic E-state index is 6.38. The standard InChI is InChI=1S/C17H27NO/c1-3-15-9-11-17(13-18,12-10-15)19-14(2)16-7-5-4-6-8-16/h4-8,14-15H,3,9-13,18H2,1-2H3. The molecule has 1 unspecified atom stereocenters. The van der Waals surface area contributed by atoms with Crippen molar-refractivity contribution >= 4 is 0 Å². The number of hydrogen-bond donors (Lipinski definition) is 1. The summed E-state index contributed by atoms with van der Waals surface area (Å²) in [5.41, 5.74) is 7.17.